The monoisotopic (exact) mass is 316 g/mol. The number of allylic oxidation sites excluding steroid dienone is 4. The average molecular weight is 316 g/mol. The van der Waals surface area contributed by atoms with Gasteiger partial charge in [0.2, 0.25) is 0 Å². The summed E-state index contributed by atoms with van der Waals surface area (Å²) in [6.07, 6.45) is 15.3. The van der Waals surface area contributed by atoms with Gasteiger partial charge in [0.15, 0.2) is 11.6 Å². The third kappa shape index (κ3) is 3.73. The second-order valence-corrected chi connectivity index (χ2v) is 7.09. The van der Waals surface area contributed by atoms with Crippen LogP contribution in [0.2, 0.25) is 0 Å². The van der Waals surface area contributed by atoms with Gasteiger partial charge in [-0.1, -0.05) is 63.0 Å². The van der Waals surface area contributed by atoms with Crippen molar-refractivity contribution in [1.29, 1.82) is 0 Å². The van der Waals surface area contributed by atoms with Crippen LogP contribution in [0.3, 0.4) is 0 Å². The minimum Gasteiger partial charge on any atom is -0.204 e. The van der Waals surface area contributed by atoms with Gasteiger partial charge in [0.25, 0.3) is 0 Å². The van der Waals surface area contributed by atoms with Crippen LogP contribution in [0.5, 0.6) is 0 Å². The van der Waals surface area contributed by atoms with Gasteiger partial charge >= 0.3 is 0 Å². The van der Waals surface area contributed by atoms with E-state index < -0.39 is 11.6 Å². The molecule has 0 N–H and O–H groups in total. The molecule has 1 aromatic rings. The molecule has 2 aliphatic rings. The highest BCUT2D eigenvalue weighted by molar-refractivity contribution is 5.75. The Balaban J connectivity index is 1.61. The molecule has 23 heavy (non-hydrogen) atoms. The summed E-state index contributed by atoms with van der Waals surface area (Å²) in [6.45, 7) is 2.27. The molecule has 0 aliphatic heterocycles. The van der Waals surface area contributed by atoms with Gasteiger partial charge in [0.1, 0.15) is 0 Å². The summed E-state index contributed by atoms with van der Waals surface area (Å²) in [5, 5.41) is 0. The molecule has 0 saturated heterocycles. The molecule has 0 radical (unpaired) electrons. The molecule has 0 aromatic heterocycles. The predicted octanol–water partition coefficient (Wildman–Crippen LogP) is 6.53. The zero-order valence-electron chi connectivity index (χ0n) is 13.9. The fourth-order valence-electron chi connectivity index (χ4n) is 4.23. The first-order chi connectivity index (χ1) is 11.2. The fraction of sp³-hybridized carbons (Fsp3) is 0.524. The van der Waals surface area contributed by atoms with E-state index in [9.17, 15) is 8.78 Å². The van der Waals surface area contributed by atoms with Crippen molar-refractivity contribution in [3.63, 3.8) is 0 Å². The summed E-state index contributed by atoms with van der Waals surface area (Å²) in [4.78, 5) is 0. The van der Waals surface area contributed by atoms with Crippen molar-refractivity contribution in [3.8, 4) is 0 Å². The highest BCUT2D eigenvalue weighted by Crippen LogP contribution is 2.39. The number of halogens is 2. The number of hydrogen-bond acceptors (Lipinski definition) is 0. The lowest BCUT2D eigenvalue weighted by Crippen LogP contribution is -2.21. The molecule has 1 unspecified atom stereocenters. The Bertz CT molecular complexity index is 592. The van der Waals surface area contributed by atoms with E-state index in [1.807, 2.05) is 6.08 Å². The lowest BCUT2D eigenvalue weighted by molar-refractivity contribution is 0.221. The average Bonchev–Trinajstić information content (AvgIpc) is 2.59. The first kappa shape index (κ1) is 16.4. The highest BCUT2D eigenvalue weighted by atomic mass is 19.2. The van der Waals surface area contributed by atoms with Gasteiger partial charge in [-0.05, 0) is 48.7 Å². The van der Waals surface area contributed by atoms with E-state index in [-0.39, 0.29) is 0 Å². The van der Waals surface area contributed by atoms with Crippen LogP contribution in [-0.2, 0) is 0 Å². The van der Waals surface area contributed by atoms with Crippen molar-refractivity contribution >= 4 is 5.57 Å². The minimum atomic E-state index is -0.770. The van der Waals surface area contributed by atoms with E-state index in [0.717, 1.165) is 23.8 Å². The van der Waals surface area contributed by atoms with Crippen LogP contribution in [-0.4, -0.2) is 0 Å². The van der Waals surface area contributed by atoms with E-state index in [0.29, 0.717) is 11.5 Å². The van der Waals surface area contributed by atoms with E-state index in [4.69, 9.17) is 0 Å². The smallest absolute Gasteiger partial charge is 0.166 e. The molecule has 0 nitrogen and oxygen atoms in total. The van der Waals surface area contributed by atoms with E-state index >= 15 is 0 Å². The summed E-state index contributed by atoms with van der Waals surface area (Å²) >= 11 is 0. The van der Waals surface area contributed by atoms with Crippen LogP contribution in [0.1, 0.15) is 57.4 Å². The predicted molar refractivity (Wildman–Crippen MR) is 91.9 cm³/mol. The number of hydrogen-bond donors (Lipinski definition) is 0. The van der Waals surface area contributed by atoms with Gasteiger partial charge in [-0.15, -0.1) is 0 Å². The van der Waals surface area contributed by atoms with E-state index in [1.165, 1.54) is 44.6 Å². The number of rotatable bonds is 4. The molecule has 1 aromatic carbocycles. The Hall–Kier alpha value is -1.44. The molecule has 1 fully saturated rings. The molecule has 0 heterocycles. The minimum absolute atomic E-state index is 0.381. The second kappa shape index (κ2) is 7.42. The SMILES string of the molecule is CCCC1CCC(C2C=CC(c3cccc(F)c3F)=CC2)CC1. The maximum atomic E-state index is 13.9. The molecule has 0 amide bonds. The normalized spacial score (nSPS) is 27.8. The van der Waals surface area contributed by atoms with E-state index in [1.54, 1.807) is 12.1 Å². The largest absolute Gasteiger partial charge is 0.204 e. The fourth-order valence-corrected chi connectivity index (χ4v) is 4.23. The molecule has 0 spiro atoms. The summed E-state index contributed by atoms with van der Waals surface area (Å²) < 4.78 is 27.3. The molecule has 0 bridgehead atoms. The van der Waals surface area contributed by atoms with Gasteiger partial charge in [-0.3, -0.25) is 0 Å². The quantitative estimate of drug-likeness (QED) is 0.592. The summed E-state index contributed by atoms with van der Waals surface area (Å²) in [6, 6.07) is 4.40. The standard InChI is InChI=1S/C21H26F2/c1-2-4-15-7-9-16(10-8-15)17-11-13-18(14-12-17)19-5-3-6-20(22)21(19)23/h3,5-6,11,13-17H,2,4,7-10,12H2,1H3. The van der Waals surface area contributed by atoms with E-state index in [2.05, 4.69) is 19.1 Å². The summed E-state index contributed by atoms with van der Waals surface area (Å²) in [5.74, 6) is 0.749. The van der Waals surface area contributed by atoms with Gasteiger partial charge < -0.3 is 0 Å². The Morgan fingerprint density at radius 1 is 1.09 bits per heavy atom. The van der Waals surface area contributed by atoms with Crippen LogP contribution in [0, 0.1) is 29.4 Å². The molecule has 3 rings (SSSR count). The van der Waals surface area contributed by atoms with Crippen molar-refractivity contribution in [2.75, 3.05) is 0 Å². The van der Waals surface area contributed by atoms with Gasteiger partial charge in [0, 0.05) is 5.56 Å². The number of benzene rings is 1. The van der Waals surface area contributed by atoms with Crippen molar-refractivity contribution < 1.29 is 8.78 Å². The van der Waals surface area contributed by atoms with Gasteiger partial charge in [-0.2, -0.15) is 0 Å². The summed E-state index contributed by atoms with van der Waals surface area (Å²) in [5.41, 5.74) is 1.20. The zero-order valence-corrected chi connectivity index (χ0v) is 13.9. The van der Waals surface area contributed by atoms with Crippen LogP contribution in [0.15, 0.2) is 36.4 Å². The van der Waals surface area contributed by atoms with Crippen molar-refractivity contribution in [2.24, 2.45) is 17.8 Å². The van der Waals surface area contributed by atoms with Crippen LogP contribution in [0.25, 0.3) is 5.57 Å². The van der Waals surface area contributed by atoms with Crippen molar-refractivity contribution in [2.45, 2.75) is 51.9 Å². The van der Waals surface area contributed by atoms with Gasteiger partial charge in [-0.25, -0.2) is 8.78 Å². The third-order valence-electron chi connectivity index (χ3n) is 5.59. The highest BCUT2D eigenvalue weighted by Gasteiger charge is 2.26. The van der Waals surface area contributed by atoms with Gasteiger partial charge in [0.05, 0.1) is 0 Å². The molecule has 2 heteroatoms. The van der Waals surface area contributed by atoms with Crippen molar-refractivity contribution in [1.82, 2.24) is 0 Å². The molecule has 1 atom stereocenters. The first-order valence-electron chi connectivity index (χ1n) is 9.01. The zero-order chi connectivity index (χ0) is 16.2. The Labute approximate surface area is 138 Å². The topological polar surface area (TPSA) is 0 Å². The van der Waals surface area contributed by atoms with Crippen molar-refractivity contribution in [3.05, 3.63) is 53.6 Å². The lowest BCUT2D eigenvalue weighted by atomic mass is 9.72. The Morgan fingerprint density at radius 3 is 2.52 bits per heavy atom. The van der Waals surface area contributed by atoms with Crippen LogP contribution in [0.4, 0.5) is 8.78 Å². The van der Waals surface area contributed by atoms with Crippen LogP contribution < -0.4 is 0 Å². The lowest BCUT2D eigenvalue weighted by Gasteiger charge is -2.33. The molecular formula is C21H26F2. The molecular weight excluding hydrogens is 290 g/mol. The third-order valence-corrected chi connectivity index (χ3v) is 5.59. The Morgan fingerprint density at radius 2 is 1.87 bits per heavy atom. The Kier molecular flexibility index (Phi) is 5.30. The first-order valence-corrected chi connectivity index (χ1v) is 9.01. The second-order valence-electron chi connectivity index (χ2n) is 7.09. The van der Waals surface area contributed by atoms with Crippen LogP contribution >= 0.6 is 0 Å². The maximum Gasteiger partial charge on any atom is 0.166 e. The molecule has 1 saturated carbocycles. The molecule has 2 aliphatic carbocycles. The summed E-state index contributed by atoms with van der Waals surface area (Å²) in [7, 11) is 0. The molecule has 124 valence electrons. The maximum absolute atomic E-state index is 13.9.